The van der Waals surface area contributed by atoms with Crippen molar-refractivity contribution in [1.29, 1.82) is 0 Å². The van der Waals surface area contributed by atoms with Gasteiger partial charge in [0.15, 0.2) is 5.82 Å². The average Bonchev–Trinajstić information content (AvgIpc) is 3.32. The number of benzene rings is 3. The molecule has 5 rings (SSSR count). The zero-order valence-corrected chi connectivity index (χ0v) is 15.6. The van der Waals surface area contributed by atoms with E-state index in [4.69, 9.17) is 0 Å². The number of hydrogen-bond acceptors (Lipinski definition) is 4. The molecular weight excluding hydrogens is 385 g/mol. The van der Waals surface area contributed by atoms with Gasteiger partial charge in [-0.05, 0) is 54.1 Å². The molecule has 0 aliphatic carbocycles. The molecule has 0 saturated heterocycles. The summed E-state index contributed by atoms with van der Waals surface area (Å²) in [7, 11) is 0. The van der Waals surface area contributed by atoms with E-state index < -0.39 is 0 Å². The zero-order valence-electron chi connectivity index (χ0n) is 15.6. The van der Waals surface area contributed by atoms with E-state index in [1.807, 2.05) is 18.2 Å². The van der Waals surface area contributed by atoms with E-state index in [9.17, 15) is 14.3 Å². The molecule has 7 nitrogen and oxygen atoms in total. The minimum absolute atomic E-state index is 0.142. The molecule has 0 bridgehead atoms. The van der Waals surface area contributed by atoms with E-state index in [0.717, 1.165) is 16.5 Å². The summed E-state index contributed by atoms with van der Waals surface area (Å²) in [5, 5.41) is 20.3. The number of carbonyl (C=O) groups is 1. The first-order valence-electron chi connectivity index (χ1n) is 9.27. The van der Waals surface area contributed by atoms with Gasteiger partial charge in [0.1, 0.15) is 17.3 Å². The molecular formula is C22H16FN5O2. The third kappa shape index (κ3) is 3.35. The maximum absolute atomic E-state index is 13.4. The third-order valence-corrected chi connectivity index (χ3v) is 4.81. The van der Waals surface area contributed by atoms with Crippen molar-refractivity contribution in [2.45, 2.75) is 6.42 Å². The van der Waals surface area contributed by atoms with Crippen LogP contribution in [0.4, 0.5) is 10.1 Å². The van der Waals surface area contributed by atoms with Crippen LogP contribution in [0.3, 0.4) is 0 Å². The van der Waals surface area contributed by atoms with Gasteiger partial charge < -0.3 is 15.4 Å². The lowest BCUT2D eigenvalue weighted by molar-refractivity contribution is -0.115. The van der Waals surface area contributed by atoms with Crippen molar-refractivity contribution in [3.8, 4) is 17.3 Å². The van der Waals surface area contributed by atoms with Crippen molar-refractivity contribution < 1.29 is 14.3 Å². The number of amides is 1. The Morgan fingerprint density at radius 2 is 1.87 bits per heavy atom. The van der Waals surface area contributed by atoms with Gasteiger partial charge in [-0.2, -0.15) is 5.10 Å². The quantitative estimate of drug-likeness (QED) is 0.340. The normalized spacial score (nSPS) is 11.2. The van der Waals surface area contributed by atoms with Crippen molar-refractivity contribution in [3.05, 3.63) is 72.0 Å². The Balaban J connectivity index is 1.39. The molecule has 0 atom stereocenters. The molecule has 0 saturated carbocycles. The predicted octanol–water partition coefficient (Wildman–Crippen LogP) is 4.13. The van der Waals surface area contributed by atoms with E-state index in [2.05, 4.69) is 25.5 Å². The van der Waals surface area contributed by atoms with Crippen LogP contribution in [0, 0.1) is 5.82 Å². The predicted molar refractivity (Wildman–Crippen MR) is 112 cm³/mol. The van der Waals surface area contributed by atoms with Crippen molar-refractivity contribution in [2.24, 2.45) is 0 Å². The number of hydrogen-bond donors (Lipinski definition) is 4. The lowest BCUT2D eigenvalue weighted by Crippen LogP contribution is -2.14. The zero-order chi connectivity index (χ0) is 20.7. The molecule has 0 spiro atoms. The lowest BCUT2D eigenvalue weighted by atomic mass is 10.1. The number of anilines is 1. The molecule has 3 aromatic carbocycles. The Labute approximate surface area is 169 Å². The number of H-pyrrole nitrogens is 2. The molecule has 8 heteroatoms. The van der Waals surface area contributed by atoms with Crippen molar-refractivity contribution in [2.75, 3.05) is 5.32 Å². The highest BCUT2D eigenvalue weighted by molar-refractivity contribution is 5.95. The Kier molecular flexibility index (Phi) is 4.17. The first-order chi connectivity index (χ1) is 14.5. The fourth-order valence-electron chi connectivity index (χ4n) is 3.39. The standard InChI is InChI=1S/C22H16FN5O2/c23-13-2-8-17-19(11-13)26-22(25-17)21-16-7-1-12(9-18(16)27-28-21)10-20(30)24-14-3-5-15(29)6-4-14/h1-9,11,29H,10H2,(H,24,30)(H,25,26)(H,27,28). The van der Waals surface area contributed by atoms with E-state index in [0.29, 0.717) is 28.2 Å². The monoisotopic (exact) mass is 401 g/mol. The highest BCUT2D eigenvalue weighted by Gasteiger charge is 2.14. The van der Waals surface area contributed by atoms with Gasteiger partial charge in [0.25, 0.3) is 0 Å². The number of phenols is 1. The Hall–Kier alpha value is -4.20. The first kappa shape index (κ1) is 17.9. The third-order valence-electron chi connectivity index (χ3n) is 4.81. The fourth-order valence-corrected chi connectivity index (χ4v) is 3.39. The van der Waals surface area contributed by atoms with Gasteiger partial charge in [-0.25, -0.2) is 9.37 Å². The lowest BCUT2D eigenvalue weighted by Gasteiger charge is -2.05. The van der Waals surface area contributed by atoms with E-state index in [1.165, 1.54) is 24.3 Å². The SMILES string of the molecule is O=C(Cc1ccc2c(-c3nc4ccc(F)cc4[nH]3)n[nH]c2c1)Nc1ccc(O)cc1. The highest BCUT2D eigenvalue weighted by atomic mass is 19.1. The van der Waals surface area contributed by atoms with Gasteiger partial charge >= 0.3 is 0 Å². The van der Waals surface area contributed by atoms with Gasteiger partial charge in [-0.15, -0.1) is 0 Å². The second kappa shape index (κ2) is 7.00. The average molecular weight is 401 g/mol. The molecule has 0 unspecified atom stereocenters. The largest absolute Gasteiger partial charge is 0.508 e. The summed E-state index contributed by atoms with van der Waals surface area (Å²) in [6.45, 7) is 0. The summed E-state index contributed by atoms with van der Waals surface area (Å²) < 4.78 is 13.4. The second-order valence-corrected chi connectivity index (χ2v) is 6.97. The molecule has 4 N–H and O–H groups in total. The van der Waals surface area contributed by atoms with E-state index >= 15 is 0 Å². The number of nitrogens with zero attached hydrogens (tertiary/aromatic N) is 2. The number of imidazole rings is 1. The van der Waals surface area contributed by atoms with E-state index in [1.54, 1.807) is 18.2 Å². The van der Waals surface area contributed by atoms with Crippen LogP contribution in [0.5, 0.6) is 5.75 Å². The van der Waals surface area contributed by atoms with Crippen LogP contribution in [0.25, 0.3) is 33.5 Å². The van der Waals surface area contributed by atoms with Crippen molar-refractivity contribution >= 4 is 33.5 Å². The van der Waals surface area contributed by atoms with Crippen molar-refractivity contribution in [1.82, 2.24) is 20.2 Å². The number of nitrogens with one attached hydrogen (secondary N) is 3. The summed E-state index contributed by atoms with van der Waals surface area (Å²) in [6, 6.07) is 16.3. The number of aromatic nitrogens is 4. The highest BCUT2D eigenvalue weighted by Crippen LogP contribution is 2.27. The van der Waals surface area contributed by atoms with Crippen LogP contribution in [0.15, 0.2) is 60.7 Å². The number of halogens is 1. The summed E-state index contributed by atoms with van der Waals surface area (Å²) >= 11 is 0. The summed E-state index contributed by atoms with van der Waals surface area (Å²) in [5.41, 5.74) is 4.09. The second-order valence-electron chi connectivity index (χ2n) is 6.97. The molecule has 1 amide bonds. The van der Waals surface area contributed by atoms with Gasteiger partial charge in [-0.1, -0.05) is 12.1 Å². The molecule has 2 aromatic heterocycles. The van der Waals surface area contributed by atoms with Crippen LogP contribution in [-0.4, -0.2) is 31.2 Å². The van der Waals surface area contributed by atoms with E-state index in [-0.39, 0.29) is 23.9 Å². The minimum Gasteiger partial charge on any atom is -0.508 e. The molecule has 0 aliphatic heterocycles. The maximum Gasteiger partial charge on any atom is 0.228 e. The fraction of sp³-hybridized carbons (Fsp3) is 0.0455. The Morgan fingerprint density at radius 3 is 2.70 bits per heavy atom. The van der Waals surface area contributed by atoms with Crippen LogP contribution in [-0.2, 0) is 11.2 Å². The first-order valence-corrected chi connectivity index (χ1v) is 9.27. The smallest absolute Gasteiger partial charge is 0.228 e. The molecule has 2 heterocycles. The maximum atomic E-state index is 13.4. The number of carbonyl (C=O) groups excluding carboxylic acids is 1. The molecule has 5 aromatic rings. The Morgan fingerprint density at radius 1 is 1.03 bits per heavy atom. The topological polar surface area (TPSA) is 107 Å². The molecule has 30 heavy (non-hydrogen) atoms. The van der Waals surface area contributed by atoms with Gasteiger partial charge in [0, 0.05) is 11.1 Å². The number of rotatable bonds is 4. The van der Waals surface area contributed by atoms with Crippen molar-refractivity contribution in [3.63, 3.8) is 0 Å². The number of aromatic hydroxyl groups is 1. The molecule has 148 valence electrons. The van der Waals surface area contributed by atoms with Crippen LogP contribution >= 0.6 is 0 Å². The Bertz CT molecular complexity index is 1390. The number of aromatic amines is 2. The summed E-state index contributed by atoms with van der Waals surface area (Å²) in [6.07, 6.45) is 0.190. The molecule has 0 fully saturated rings. The summed E-state index contributed by atoms with van der Waals surface area (Å²) in [5.74, 6) is 0.182. The van der Waals surface area contributed by atoms with Crippen LogP contribution in [0.1, 0.15) is 5.56 Å². The van der Waals surface area contributed by atoms with Gasteiger partial charge in [0.2, 0.25) is 5.91 Å². The minimum atomic E-state index is -0.334. The number of fused-ring (bicyclic) bond motifs is 2. The van der Waals surface area contributed by atoms with Crippen LogP contribution in [0.2, 0.25) is 0 Å². The van der Waals surface area contributed by atoms with Gasteiger partial charge in [0.05, 0.1) is 23.0 Å². The summed E-state index contributed by atoms with van der Waals surface area (Å²) in [4.78, 5) is 19.9. The van der Waals surface area contributed by atoms with Gasteiger partial charge in [-0.3, -0.25) is 9.89 Å². The molecule has 0 aliphatic rings. The number of phenolic OH excluding ortho intramolecular Hbond substituents is 1. The molecule has 0 radical (unpaired) electrons. The van der Waals surface area contributed by atoms with Crippen LogP contribution < -0.4 is 5.32 Å².